The summed E-state index contributed by atoms with van der Waals surface area (Å²) in [5.74, 6) is 3.41. The molecule has 3 aliphatic heterocycles. The molecule has 0 aromatic heterocycles. The van der Waals surface area contributed by atoms with Crippen molar-refractivity contribution in [3.05, 3.63) is 34.9 Å². The van der Waals surface area contributed by atoms with Crippen molar-refractivity contribution in [1.29, 1.82) is 0 Å². The minimum atomic E-state index is -0.716. The lowest BCUT2D eigenvalue weighted by Crippen LogP contribution is -2.57. The number of likely N-dealkylation sites (tertiary alicyclic amines) is 2. The van der Waals surface area contributed by atoms with Crippen molar-refractivity contribution in [1.82, 2.24) is 20.0 Å². The van der Waals surface area contributed by atoms with Crippen LogP contribution in [0.5, 0.6) is 0 Å². The molecule has 5 fully saturated rings. The molecule has 3 amide bonds. The van der Waals surface area contributed by atoms with Gasteiger partial charge in [0.25, 0.3) is 0 Å². The Labute approximate surface area is 286 Å². The summed E-state index contributed by atoms with van der Waals surface area (Å²) < 4.78 is 5.85. The molecule has 0 bridgehead atoms. The van der Waals surface area contributed by atoms with Crippen molar-refractivity contribution in [2.45, 2.75) is 114 Å². The lowest BCUT2D eigenvalue weighted by Gasteiger charge is -2.47. The highest BCUT2D eigenvalue weighted by molar-refractivity contribution is 7.99. The summed E-state index contributed by atoms with van der Waals surface area (Å²) >= 11 is 1.92. The number of ether oxygens (including phenoxy) is 1. The Hall–Kier alpha value is -2.10. The molecule has 8 nitrogen and oxygen atoms in total. The molecule has 1 N–H and O–H groups in total. The highest BCUT2D eigenvalue weighted by Gasteiger charge is 2.67. The van der Waals surface area contributed by atoms with E-state index in [0.717, 1.165) is 109 Å². The van der Waals surface area contributed by atoms with Crippen LogP contribution in [0, 0.1) is 23.2 Å². The molecule has 47 heavy (non-hydrogen) atoms. The van der Waals surface area contributed by atoms with Gasteiger partial charge in [-0.3, -0.25) is 19.7 Å². The molecule has 7 rings (SSSR count). The number of hydrogen-bond acceptors (Lipinski definition) is 6. The molecule has 1 aromatic rings. The third-order valence-electron chi connectivity index (χ3n) is 12.9. The van der Waals surface area contributed by atoms with Gasteiger partial charge < -0.3 is 19.4 Å². The van der Waals surface area contributed by atoms with Crippen LogP contribution in [-0.4, -0.2) is 89.6 Å². The Kier molecular flexibility index (Phi) is 9.71. The van der Waals surface area contributed by atoms with Crippen LogP contribution in [0.3, 0.4) is 0 Å². The Morgan fingerprint density at radius 3 is 2.13 bits per heavy atom. The van der Waals surface area contributed by atoms with Crippen LogP contribution in [0.15, 0.2) is 18.2 Å². The topological polar surface area (TPSA) is 82.2 Å². The van der Waals surface area contributed by atoms with Gasteiger partial charge in [-0.25, -0.2) is 0 Å². The summed E-state index contributed by atoms with van der Waals surface area (Å²) in [7, 11) is 1.83. The molecule has 3 aliphatic carbocycles. The monoisotopic (exact) mass is 664 g/mol. The summed E-state index contributed by atoms with van der Waals surface area (Å²) in [6, 6.07) is 7.12. The van der Waals surface area contributed by atoms with Gasteiger partial charge in [0.05, 0.1) is 6.10 Å². The van der Waals surface area contributed by atoms with E-state index in [1.54, 1.807) is 13.8 Å². The summed E-state index contributed by atoms with van der Waals surface area (Å²) in [6.07, 6.45) is 14.2. The maximum Gasteiger partial charge on any atom is 0.250 e. The van der Waals surface area contributed by atoms with Crippen molar-refractivity contribution in [2.75, 3.05) is 45.6 Å². The van der Waals surface area contributed by atoms with Gasteiger partial charge >= 0.3 is 0 Å². The molecule has 2 unspecified atom stereocenters. The fraction of sp³-hybridized carbons (Fsp3) is 0.763. The fourth-order valence-corrected chi connectivity index (χ4v) is 11.1. The average Bonchev–Trinajstić information content (AvgIpc) is 3.83. The lowest BCUT2D eigenvalue weighted by molar-refractivity contribution is -0.140. The molecule has 2 spiro atoms. The van der Waals surface area contributed by atoms with Crippen molar-refractivity contribution in [3.8, 4) is 0 Å². The highest BCUT2D eigenvalue weighted by Crippen LogP contribution is 2.61. The third kappa shape index (κ3) is 6.50. The minimum Gasteiger partial charge on any atom is -0.381 e. The largest absolute Gasteiger partial charge is 0.381 e. The zero-order valence-electron chi connectivity index (χ0n) is 28.9. The van der Waals surface area contributed by atoms with E-state index < -0.39 is 5.54 Å². The summed E-state index contributed by atoms with van der Waals surface area (Å²) in [4.78, 5) is 45.7. The van der Waals surface area contributed by atoms with Gasteiger partial charge in [-0.05, 0) is 111 Å². The van der Waals surface area contributed by atoms with Crippen LogP contribution < -0.4 is 5.32 Å². The summed E-state index contributed by atoms with van der Waals surface area (Å²) in [5, 5.41) is 4.17. The van der Waals surface area contributed by atoms with Gasteiger partial charge in [0.15, 0.2) is 0 Å². The molecule has 2 atom stereocenters. The second-order valence-corrected chi connectivity index (χ2v) is 16.9. The van der Waals surface area contributed by atoms with Crippen LogP contribution >= 0.6 is 11.8 Å². The van der Waals surface area contributed by atoms with E-state index in [4.69, 9.17) is 4.74 Å². The molecule has 2 saturated carbocycles. The predicted molar refractivity (Wildman–Crippen MR) is 186 cm³/mol. The first-order chi connectivity index (χ1) is 22.7. The van der Waals surface area contributed by atoms with Crippen molar-refractivity contribution < 1.29 is 19.1 Å². The SMILES string of the molecule is COC1CCC2(CC1)Cc1ccc(CCC3CC3)cc1C21NC(SCC2CCN(C(C)=O)CC2)N(CC2CCN(C(C)=O)CC2)C1=O. The first-order valence-corrected chi connectivity index (χ1v) is 19.6. The number of amides is 3. The van der Waals surface area contributed by atoms with Crippen LogP contribution in [-0.2, 0) is 37.5 Å². The van der Waals surface area contributed by atoms with Gasteiger partial charge in [0.1, 0.15) is 11.0 Å². The number of nitrogens with one attached hydrogen (secondary N) is 1. The molecule has 3 saturated heterocycles. The predicted octanol–water partition coefficient (Wildman–Crippen LogP) is 5.32. The molecular formula is C38H56N4O4S. The number of hydrogen-bond donors (Lipinski definition) is 1. The third-order valence-corrected chi connectivity index (χ3v) is 14.3. The van der Waals surface area contributed by atoms with E-state index >= 15 is 4.79 Å². The number of piperidine rings is 2. The van der Waals surface area contributed by atoms with Gasteiger partial charge in [0, 0.05) is 59.1 Å². The standard InChI is InChI=1S/C38H56N4O4S/c1-26(43)40-18-12-30(13-19-40)24-42-35(45)38(39-36(42)47-25-31-14-20-41(21-15-31)27(2)44)34-22-29(7-6-28-4-5-28)8-9-32(34)23-37(38)16-10-33(46-3)11-17-37/h8-9,22,28,30-31,33,36,39H,4-7,10-21,23-25H2,1-3H3. The Morgan fingerprint density at radius 2 is 1.53 bits per heavy atom. The number of methoxy groups -OCH3 is 1. The van der Waals surface area contributed by atoms with Gasteiger partial charge in [-0.1, -0.05) is 31.0 Å². The minimum absolute atomic E-state index is 0.0859. The van der Waals surface area contributed by atoms with Gasteiger partial charge in [-0.2, -0.15) is 0 Å². The highest BCUT2D eigenvalue weighted by atomic mass is 32.2. The van der Waals surface area contributed by atoms with Crippen LogP contribution in [0.25, 0.3) is 0 Å². The molecule has 1 aromatic carbocycles. The van der Waals surface area contributed by atoms with E-state index in [2.05, 4.69) is 28.4 Å². The first kappa shape index (κ1) is 33.4. The molecule has 9 heteroatoms. The molecule has 3 heterocycles. The number of carbonyl (C=O) groups excluding carboxylic acids is 3. The maximum atomic E-state index is 15.4. The van der Waals surface area contributed by atoms with Gasteiger partial charge in [0.2, 0.25) is 17.7 Å². The quantitative estimate of drug-likeness (QED) is 0.385. The number of carbonyl (C=O) groups is 3. The Balaban J connectivity index is 1.19. The van der Waals surface area contributed by atoms with E-state index in [1.165, 1.54) is 36.0 Å². The lowest BCUT2D eigenvalue weighted by atomic mass is 9.61. The molecule has 258 valence electrons. The summed E-state index contributed by atoms with van der Waals surface area (Å²) in [5.41, 5.74) is 3.03. The maximum absolute atomic E-state index is 15.4. The second kappa shape index (κ2) is 13.7. The molecule has 6 aliphatic rings. The average molecular weight is 665 g/mol. The number of aryl methyl sites for hydroxylation is 1. The van der Waals surface area contributed by atoms with Crippen LogP contribution in [0.4, 0.5) is 0 Å². The summed E-state index contributed by atoms with van der Waals surface area (Å²) in [6.45, 7) is 7.31. The van der Waals surface area contributed by atoms with Crippen molar-refractivity contribution in [2.24, 2.45) is 23.2 Å². The molecular weight excluding hydrogens is 609 g/mol. The smallest absolute Gasteiger partial charge is 0.250 e. The van der Waals surface area contributed by atoms with E-state index in [-0.39, 0.29) is 34.7 Å². The fourth-order valence-electron chi connectivity index (χ4n) is 9.65. The zero-order chi connectivity index (χ0) is 32.8. The number of fused-ring (bicyclic) bond motifs is 3. The van der Waals surface area contributed by atoms with Crippen molar-refractivity contribution in [3.63, 3.8) is 0 Å². The number of nitrogens with zero attached hydrogens (tertiary/aromatic N) is 3. The van der Waals surface area contributed by atoms with Crippen LogP contribution in [0.2, 0.25) is 0 Å². The van der Waals surface area contributed by atoms with Crippen LogP contribution in [0.1, 0.15) is 101 Å². The van der Waals surface area contributed by atoms with E-state index in [9.17, 15) is 9.59 Å². The van der Waals surface area contributed by atoms with E-state index in [0.29, 0.717) is 11.8 Å². The number of benzene rings is 1. The second-order valence-electron chi connectivity index (χ2n) is 15.8. The van der Waals surface area contributed by atoms with Crippen molar-refractivity contribution >= 4 is 29.5 Å². The van der Waals surface area contributed by atoms with E-state index in [1.807, 2.05) is 28.7 Å². The van der Waals surface area contributed by atoms with Gasteiger partial charge in [-0.15, -0.1) is 11.8 Å². The number of rotatable bonds is 9. The number of thioether (sulfide) groups is 1. The molecule has 0 radical (unpaired) electrons. The zero-order valence-corrected chi connectivity index (χ0v) is 29.8. The normalized spacial score (nSPS) is 31.7. The first-order valence-electron chi connectivity index (χ1n) is 18.6. The Morgan fingerprint density at radius 1 is 0.894 bits per heavy atom. The Bertz CT molecular complexity index is 1330.